The van der Waals surface area contributed by atoms with Crippen LogP contribution in [0, 0.1) is 0 Å². The number of amides is 2. The minimum Gasteiger partial charge on any atom is -0.333 e. The number of nitrogens with zero attached hydrogens (tertiary/aromatic N) is 2. The van der Waals surface area contributed by atoms with Crippen LogP contribution in [0.2, 0.25) is 0 Å². The second-order valence-corrected chi connectivity index (χ2v) is 5.74. The van der Waals surface area contributed by atoms with E-state index in [0.717, 1.165) is 11.3 Å². The van der Waals surface area contributed by atoms with Gasteiger partial charge in [-0.25, -0.2) is 0 Å². The molecular weight excluding hydrogens is 308 g/mol. The van der Waals surface area contributed by atoms with Gasteiger partial charge in [0.15, 0.2) is 11.6 Å². The maximum absolute atomic E-state index is 12.1. The number of H-pyrrole nitrogens is 1. The van der Waals surface area contributed by atoms with Crippen molar-refractivity contribution < 1.29 is 14.4 Å². The second kappa shape index (κ2) is 6.66. The van der Waals surface area contributed by atoms with Crippen LogP contribution in [0.3, 0.4) is 0 Å². The molecule has 124 valence electrons. The lowest BCUT2D eigenvalue weighted by atomic mass is 10.1. The van der Waals surface area contributed by atoms with E-state index in [1.54, 1.807) is 29.2 Å². The van der Waals surface area contributed by atoms with E-state index in [1.807, 2.05) is 6.07 Å². The number of carbonyl (C=O) groups is 3. The Hall–Kier alpha value is -2.96. The molecule has 0 fully saturated rings. The van der Waals surface area contributed by atoms with Crippen LogP contribution < -0.4 is 5.32 Å². The van der Waals surface area contributed by atoms with Crippen molar-refractivity contribution in [2.75, 3.05) is 5.32 Å². The Morgan fingerprint density at radius 1 is 1.17 bits per heavy atom. The van der Waals surface area contributed by atoms with Crippen molar-refractivity contribution in [3.63, 3.8) is 0 Å². The van der Waals surface area contributed by atoms with Crippen molar-refractivity contribution in [3.05, 3.63) is 47.2 Å². The maximum atomic E-state index is 12.1. The first kappa shape index (κ1) is 15.9. The Kier molecular flexibility index (Phi) is 4.41. The van der Waals surface area contributed by atoms with E-state index < -0.39 is 0 Å². The third-order valence-corrected chi connectivity index (χ3v) is 4.03. The van der Waals surface area contributed by atoms with E-state index in [2.05, 4.69) is 15.5 Å². The molecule has 2 N–H and O–H groups in total. The van der Waals surface area contributed by atoms with Crippen LogP contribution in [0.15, 0.2) is 30.3 Å². The molecule has 1 aliphatic rings. The Bertz CT molecular complexity index is 782. The standard InChI is InChI=1S/C17H18N4O3/c1-11(22)21-9-13-14(10-21)19-20-17(13)18-16(24)8-7-15(23)12-5-3-2-4-6-12/h2-6H,7-10H2,1H3,(H2,18,19,20,24). The number of carbonyl (C=O) groups excluding carboxylic acids is 3. The van der Waals surface area contributed by atoms with Crippen LogP contribution in [-0.2, 0) is 22.7 Å². The molecule has 7 nitrogen and oxygen atoms in total. The van der Waals surface area contributed by atoms with E-state index in [4.69, 9.17) is 0 Å². The van der Waals surface area contributed by atoms with Gasteiger partial charge in [-0.1, -0.05) is 30.3 Å². The monoisotopic (exact) mass is 326 g/mol. The van der Waals surface area contributed by atoms with Crippen LogP contribution in [0.25, 0.3) is 0 Å². The molecule has 0 saturated heterocycles. The van der Waals surface area contributed by atoms with Gasteiger partial charge in [0.1, 0.15) is 0 Å². The molecule has 0 spiro atoms. The lowest BCUT2D eigenvalue weighted by Crippen LogP contribution is -2.23. The molecule has 1 aliphatic heterocycles. The van der Waals surface area contributed by atoms with Crippen LogP contribution in [-0.4, -0.2) is 32.7 Å². The highest BCUT2D eigenvalue weighted by atomic mass is 16.2. The van der Waals surface area contributed by atoms with E-state index in [1.165, 1.54) is 6.92 Å². The van der Waals surface area contributed by atoms with Gasteiger partial charge in [0.2, 0.25) is 11.8 Å². The van der Waals surface area contributed by atoms with Crippen LogP contribution in [0.4, 0.5) is 5.82 Å². The Morgan fingerprint density at radius 3 is 2.62 bits per heavy atom. The molecule has 1 aromatic heterocycles. The predicted octanol–water partition coefficient (Wildman–Crippen LogP) is 1.87. The van der Waals surface area contributed by atoms with Crippen molar-refractivity contribution in [2.24, 2.45) is 0 Å². The maximum Gasteiger partial charge on any atom is 0.226 e. The van der Waals surface area contributed by atoms with Crippen LogP contribution in [0.1, 0.15) is 41.4 Å². The van der Waals surface area contributed by atoms with Gasteiger partial charge in [-0.3, -0.25) is 19.5 Å². The molecule has 7 heteroatoms. The molecule has 0 saturated carbocycles. The zero-order valence-corrected chi connectivity index (χ0v) is 13.3. The van der Waals surface area contributed by atoms with Crippen molar-refractivity contribution in [3.8, 4) is 0 Å². The lowest BCUT2D eigenvalue weighted by molar-refractivity contribution is -0.129. The van der Waals surface area contributed by atoms with Crippen molar-refractivity contribution in [1.29, 1.82) is 0 Å². The average Bonchev–Trinajstić information content (AvgIpc) is 3.15. The summed E-state index contributed by atoms with van der Waals surface area (Å²) in [5.41, 5.74) is 2.26. The highest BCUT2D eigenvalue weighted by Crippen LogP contribution is 2.27. The molecule has 0 radical (unpaired) electrons. The zero-order chi connectivity index (χ0) is 17.1. The summed E-state index contributed by atoms with van der Waals surface area (Å²) in [7, 11) is 0. The number of anilines is 1. The summed E-state index contributed by atoms with van der Waals surface area (Å²) in [6.07, 6.45) is 0.230. The quantitative estimate of drug-likeness (QED) is 0.820. The summed E-state index contributed by atoms with van der Waals surface area (Å²) in [5, 5.41) is 9.64. The zero-order valence-electron chi connectivity index (χ0n) is 13.3. The number of nitrogens with one attached hydrogen (secondary N) is 2. The molecular formula is C17H18N4O3. The van der Waals surface area contributed by atoms with E-state index >= 15 is 0 Å². The number of hydrogen-bond acceptors (Lipinski definition) is 4. The van der Waals surface area contributed by atoms with E-state index in [9.17, 15) is 14.4 Å². The van der Waals surface area contributed by atoms with Gasteiger partial charge in [0.25, 0.3) is 0 Å². The lowest BCUT2D eigenvalue weighted by Gasteiger charge is -2.12. The summed E-state index contributed by atoms with van der Waals surface area (Å²) < 4.78 is 0. The first-order valence-electron chi connectivity index (χ1n) is 7.74. The number of hydrogen-bond donors (Lipinski definition) is 2. The number of rotatable bonds is 5. The number of Topliss-reactive ketones (excluding diaryl/α,β-unsaturated/α-hetero) is 1. The first-order valence-corrected chi connectivity index (χ1v) is 7.74. The molecule has 0 bridgehead atoms. The van der Waals surface area contributed by atoms with Crippen LogP contribution in [0.5, 0.6) is 0 Å². The fraction of sp³-hybridized carbons (Fsp3) is 0.294. The minimum absolute atomic E-state index is 0.0228. The number of aromatic amines is 1. The molecule has 0 atom stereocenters. The van der Waals surface area contributed by atoms with Gasteiger partial charge in [-0.05, 0) is 0 Å². The van der Waals surface area contributed by atoms with Gasteiger partial charge in [0.05, 0.1) is 18.8 Å². The van der Waals surface area contributed by atoms with Gasteiger partial charge < -0.3 is 10.2 Å². The Morgan fingerprint density at radius 2 is 1.92 bits per heavy atom. The first-order chi connectivity index (χ1) is 11.5. The predicted molar refractivity (Wildman–Crippen MR) is 87.2 cm³/mol. The summed E-state index contributed by atoms with van der Waals surface area (Å²) in [6.45, 7) is 2.41. The van der Waals surface area contributed by atoms with Gasteiger partial charge in [-0.2, -0.15) is 5.10 Å². The van der Waals surface area contributed by atoms with Gasteiger partial charge in [-0.15, -0.1) is 0 Å². The molecule has 0 unspecified atom stereocenters. The SMILES string of the molecule is CC(=O)N1Cc2[nH]nc(NC(=O)CCC(=O)c3ccccc3)c2C1. The normalized spacial score (nSPS) is 12.8. The highest BCUT2D eigenvalue weighted by molar-refractivity contribution is 6.00. The molecule has 2 aromatic rings. The molecule has 0 aliphatic carbocycles. The highest BCUT2D eigenvalue weighted by Gasteiger charge is 2.27. The van der Waals surface area contributed by atoms with Crippen molar-refractivity contribution in [2.45, 2.75) is 32.9 Å². The van der Waals surface area contributed by atoms with Crippen LogP contribution >= 0.6 is 0 Å². The second-order valence-electron chi connectivity index (χ2n) is 5.74. The number of benzene rings is 1. The number of ketones is 1. The third-order valence-electron chi connectivity index (χ3n) is 4.03. The fourth-order valence-corrected chi connectivity index (χ4v) is 2.66. The van der Waals surface area contributed by atoms with Crippen molar-refractivity contribution in [1.82, 2.24) is 15.1 Å². The van der Waals surface area contributed by atoms with E-state index in [-0.39, 0.29) is 30.4 Å². The Balaban J connectivity index is 1.55. The summed E-state index contributed by atoms with van der Waals surface area (Å²) in [5.74, 6) is 0.0758. The summed E-state index contributed by atoms with van der Waals surface area (Å²) in [4.78, 5) is 37.2. The minimum atomic E-state index is -0.269. The van der Waals surface area contributed by atoms with Gasteiger partial charge in [0, 0.05) is 30.9 Å². The van der Waals surface area contributed by atoms with Crippen molar-refractivity contribution >= 4 is 23.4 Å². The molecule has 3 rings (SSSR count). The Labute approximate surface area is 139 Å². The summed E-state index contributed by atoms with van der Waals surface area (Å²) >= 11 is 0. The molecule has 1 aromatic carbocycles. The molecule has 2 amide bonds. The smallest absolute Gasteiger partial charge is 0.226 e. The average molecular weight is 326 g/mol. The number of aromatic nitrogens is 2. The molecule has 24 heavy (non-hydrogen) atoms. The summed E-state index contributed by atoms with van der Waals surface area (Å²) in [6, 6.07) is 8.89. The van der Waals surface area contributed by atoms with Gasteiger partial charge >= 0.3 is 0 Å². The third kappa shape index (κ3) is 3.34. The molecule has 2 heterocycles. The van der Waals surface area contributed by atoms with E-state index in [0.29, 0.717) is 24.5 Å². The fourth-order valence-electron chi connectivity index (χ4n) is 2.66. The topological polar surface area (TPSA) is 95.2 Å². The largest absolute Gasteiger partial charge is 0.333 e. The number of fused-ring (bicyclic) bond motifs is 1.